The van der Waals surface area contributed by atoms with Crippen LogP contribution in [0.25, 0.3) is 10.8 Å². The lowest BCUT2D eigenvalue weighted by molar-refractivity contribution is 0.0254. The van der Waals surface area contributed by atoms with Gasteiger partial charge in [-0.05, 0) is 24.4 Å². The highest BCUT2D eigenvalue weighted by Crippen LogP contribution is 2.19. The van der Waals surface area contributed by atoms with Crippen LogP contribution in [0.3, 0.4) is 0 Å². The Balaban J connectivity index is 2.39. The van der Waals surface area contributed by atoms with Crippen LogP contribution in [-0.2, 0) is 4.74 Å². The third-order valence-electron chi connectivity index (χ3n) is 2.55. The second-order valence-electron chi connectivity index (χ2n) is 3.76. The third kappa shape index (κ3) is 2.54. The smallest absolute Gasteiger partial charge is 0.343 e. The van der Waals surface area contributed by atoms with Crippen molar-refractivity contribution in [1.82, 2.24) is 0 Å². The fraction of sp³-hybridized carbons (Fsp3) is 0.308. The lowest BCUT2D eigenvalue weighted by Crippen LogP contribution is -2.08. The number of fused-ring (bicyclic) bond motifs is 1. The Bertz CT molecular complexity index is 559. The van der Waals surface area contributed by atoms with E-state index in [2.05, 4.69) is 0 Å². The van der Waals surface area contributed by atoms with Crippen LogP contribution in [0.5, 0.6) is 0 Å². The number of ether oxygens (including phenoxy) is 1. The van der Waals surface area contributed by atoms with Crippen LogP contribution in [0.2, 0.25) is 0 Å². The molecular weight excluding hydrogens is 220 g/mol. The summed E-state index contributed by atoms with van der Waals surface area (Å²) in [6.07, 6.45) is -0.348. The molecule has 0 aliphatic rings. The molecule has 4 nitrogen and oxygen atoms in total. The van der Waals surface area contributed by atoms with Crippen molar-refractivity contribution in [3.8, 4) is 0 Å². The summed E-state index contributed by atoms with van der Waals surface area (Å²) >= 11 is 0. The number of hydrogen-bond donors (Lipinski definition) is 1. The molecule has 4 heteroatoms. The fourth-order valence-electron chi connectivity index (χ4n) is 1.67. The molecule has 1 aromatic heterocycles. The third-order valence-corrected chi connectivity index (χ3v) is 2.55. The summed E-state index contributed by atoms with van der Waals surface area (Å²) in [4.78, 5) is 11.7. The molecule has 0 saturated carbocycles. The molecule has 2 rings (SSSR count). The predicted molar refractivity (Wildman–Crippen MR) is 63.9 cm³/mol. The summed E-state index contributed by atoms with van der Waals surface area (Å²) in [7, 11) is 0. The summed E-state index contributed by atoms with van der Waals surface area (Å²) in [6.45, 7) is 1.95. The maximum atomic E-state index is 11.7. The van der Waals surface area contributed by atoms with E-state index in [0.29, 0.717) is 11.1 Å². The van der Waals surface area contributed by atoms with Crippen LogP contribution < -0.4 is 5.63 Å². The Morgan fingerprint density at radius 3 is 2.94 bits per heavy atom. The van der Waals surface area contributed by atoms with Gasteiger partial charge in [0.15, 0.2) is 0 Å². The Hall–Kier alpha value is -1.65. The molecule has 90 valence electrons. The average Bonchev–Trinajstić information content (AvgIpc) is 2.36. The van der Waals surface area contributed by atoms with Crippen LogP contribution in [0.4, 0.5) is 0 Å². The standard InChI is InChI=1S/C13H14O4/c1-9(16-7-6-14)12-8-10-4-2-3-5-11(10)13(15)17-12/h2-5,8-9,14H,6-7H2,1H3. The molecule has 0 amide bonds. The largest absolute Gasteiger partial charge is 0.425 e. The number of aliphatic hydroxyl groups excluding tert-OH is 1. The monoisotopic (exact) mass is 234 g/mol. The van der Waals surface area contributed by atoms with E-state index >= 15 is 0 Å². The van der Waals surface area contributed by atoms with Crippen LogP contribution in [0, 0.1) is 0 Å². The topological polar surface area (TPSA) is 59.7 Å². The van der Waals surface area contributed by atoms with Gasteiger partial charge in [-0.3, -0.25) is 0 Å². The molecule has 1 heterocycles. The summed E-state index contributed by atoms with van der Waals surface area (Å²) < 4.78 is 10.5. The Labute approximate surface area is 98.4 Å². The lowest BCUT2D eigenvalue weighted by Gasteiger charge is -2.11. The van der Waals surface area contributed by atoms with Gasteiger partial charge < -0.3 is 14.3 Å². The number of hydrogen-bond acceptors (Lipinski definition) is 4. The number of aliphatic hydroxyl groups is 1. The molecule has 0 saturated heterocycles. The normalized spacial score (nSPS) is 12.8. The van der Waals surface area contributed by atoms with Gasteiger partial charge in [-0.1, -0.05) is 18.2 Å². The first-order chi connectivity index (χ1) is 8.22. The molecule has 0 fully saturated rings. The second-order valence-corrected chi connectivity index (χ2v) is 3.76. The fourth-order valence-corrected chi connectivity index (χ4v) is 1.67. The van der Waals surface area contributed by atoms with E-state index in [1.54, 1.807) is 25.1 Å². The highest BCUT2D eigenvalue weighted by atomic mass is 16.5. The molecule has 0 aliphatic heterocycles. The van der Waals surface area contributed by atoms with Crippen molar-refractivity contribution < 1.29 is 14.3 Å². The SMILES string of the molecule is CC(OCCO)c1cc2ccccc2c(=O)o1. The zero-order chi connectivity index (χ0) is 12.3. The maximum Gasteiger partial charge on any atom is 0.343 e. The number of rotatable bonds is 4. The average molecular weight is 234 g/mol. The first-order valence-electron chi connectivity index (χ1n) is 5.47. The van der Waals surface area contributed by atoms with Crippen molar-refractivity contribution in [3.63, 3.8) is 0 Å². The summed E-state index contributed by atoms with van der Waals surface area (Å²) in [5, 5.41) is 10.1. The molecule has 0 bridgehead atoms. The van der Waals surface area contributed by atoms with Gasteiger partial charge in [0, 0.05) is 0 Å². The van der Waals surface area contributed by atoms with Gasteiger partial charge in [0.1, 0.15) is 11.9 Å². The van der Waals surface area contributed by atoms with E-state index in [-0.39, 0.29) is 24.9 Å². The zero-order valence-corrected chi connectivity index (χ0v) is 9.55. The molecule has 0 aliphatic carbocycles. The molecule has 1 unspecified atom stereocenters. The maximum absolute atomic E-state index is 11.7. The molecule has 1 atom stereocenters. The van der Waals surface area contributed by atoms with Crippen LogP contribution in [0.1, 0.15) is 18.8 Å². The summed E-state index contributed by atoms with van der Waals surface area (Å²) in [5.74, 6) is 0.474. The van der Waals surface area contributed by atoms with Gasteiger partial charge in [-0.15, -0.1) is 0 Å². The van der Waals surface area contributed by atoms with Crippen molar-refractivity contribution in [2.75, 3.05) is 13.2 Å². The zero-order valence-electron chi connectivity index (χ0n) is 9.55. The van der Waals surface area contributed by atoms with E-state index in [0.717, 1.165) is 5.39 Å². The van der Waals surface area contributed by atoms with Crippen molar-refractivity contribution >= 4 is 10.8 Å². The molecule has 1 N–H and O–H groups in total. The summed E-state index contributed by atoms with van der Waals surface area (Å²) in [5.41, 5.74) is -0.363. The molecule has 1 aromatic carbocycles. The molecule has 0 spiro atoms. The Morgan fingerprint density at radius 1 is 1.41 bits per heavy atom. The minimum Gasteiger partial charge on any atom is -0.425 e. The number of benzene rings is 1. The summed E-state index contributed by atoms with van der Waals surface area (Å²) in [6, 6.07) is 9.03. The minimum atomic E-state index is -0.363. The molecular formula is C13H14O4. The molecule has 2 aromatic rings. The predicted octanol–water partition coefficient (Wildman–Crippen LogP) is 1.86. The van der Waals surface area contributed by atoms with E-state index in [9.17, 15) is 4.79 Å². The van der Waals surface area contributed by atoms with Crippen molar-refractivity contribution in [3.05, 3.63) is 46.5 Å². The van der Waals surface area contributed by atoms with E-state index in [1.807, 2.05) is 12.1 Å². The first kappa shape index (κ1) is 11.8. The second kappa shape index (κ2) is 5.12. The van der Waals surface area contributed by atoms with Gasteiger partial charge in [0.05, 0.1) is 18.6 Å². The van der Waals surface area contributed by atoms with Crippen LogP contribution >= 0.6 is 0 Å². The van der Waals surface area contributed by atoms with Crippen molar-refractivity contribution in [2.45, 2.75) is 13.0 Å². The van der Waals surface area contributed by atoms with Crippen LogP contribution in [-0.4, -0.2) is 18.3 Å². The van der Waals surface area contributed by atoms with Crippen molar-refractivity contribution in [2.24, 2.45) is 0 Å². The lowest BCUT2D eigenvalue weighted by atomic mass is 10.1. The van der Waals surface area contributed by atoms with E-state index in [1.165, 1.54) is 0 Å². The molecule has 17 heavy (non-hydrogen) atoms. The van der Waals surface area contributed by atoms with Gasteiger partial charge in [-0.25, -0.2) is 4.79 Å². The van der Waals surface area contributed by atoms with Gasteiger partial charge >= 0.3 is 5.63 Å². The van der Waals surface area contributed by atoms with Gasteiger partial charge in [-0.2, -0.15) is 0 Å². The minimum absolute atomic E-state index is 0.0534. The Morgan fingerprint density at radius 2 is 2.18 bits per heavy atom. The Kier molecular flexibility index (Phi) is 3.56. The molecule has 0 radical (unpaired) electrons. The van der Waals surface area contributed by atoms with E-state index < -0.39 is 0 Å². The van der Waals surface area contributed by atoms with Crippen LogP contribution in [0.15, 0.2) is 39.5 Å². The van der Waals surface area contributed by atoms with Crippen molar-refractivity contribution in [1.29, 1.82) is 0 Å². The highest BCUT2D eigenvalue weighted by Gasteiger charge is 2.11. The van der Waals surface area contributed by atoms with Gasteiger partial charge in [0.2, 0.25) is 0 Å². The quantitative estimate of drug-likeness (QED) is 0.877. The van der Waals surface area contributed by atoms with Gasteiger partial charge in [0.25, 0.3) is 0 Å². The van der Waals surface area contributed by atoms with E-state index in [4.69, 9.17) is 14.3 Å². The highest BCUT2D eigenvalue weighted by molar-refractivity contribution is 5.81. The first-order valence-corrected chi connectivity index (χ1v) is 5.47.